The van der Waals surface area contributed by atoms with E-state index in [1.807, 2.05) is 24.3 Å². The maximum Gasteiger partial charge on any atom is 0.244 e. The zero-order valence-corrected chi connectivity index (χ0v) is 16.7. The number of aromatic nitrogens is 3. The second kappa shape index (κ2) is 7.44. The summed E-state index contributed by atoms with van der Waals surface area (Å²) in [4.78, 5) is 11.3. The lowest BCUT2D eigenvalue weighted by Crippen LogP contribution is -2.29. The molecule has 7 nitrogen and oxygen atoms in total. The van der Waals surface area contributed by atoms with E-state index < -0.39 is 9.84 Å². The number of hydrogen-bond acceptors (Lipinski definition) is 7. The highest BCUT2D eigenvalue weighted by Gasteiger charge is 2.25. The highest BCUT2D eigenvalue weighted by molar-refractivity contribution is 7.90. The first-order chi connectivity index (χ1) is 13.4. The third-order valence-electron chi connectivity index (χ3n) is 5.21. The summed E-state index contributed by atoms with van der Waals surface area (Å²) in [6.07, 6.45) is 6.30. The summed E-state index contributed by atoms with van der Waals surface area (Å²) in [5.41, 5.74) is 3.11. The van der Waals surface area contributed by atoms with Crippen LogP contribution < -0.4 is 0 Å². The Kier molecular flexibility index (Phi) is 4.99. The van der Waals surface area contributed by atoms with Crippen LogP contribution in [0.4, 0.5) is 0 Å². The van der Waals surface area contributed by atoms with Crippen LogP contribution in [0.3, 0.4) is 0 Å². The molecular formula is C20H22N4O3S. The summed E-state index contributed by atoms with van der Waals surface area (Å²) in [5.74, 6) is 1.10. The maximum atomic E-state index is 11.8. The lowest BCUT2D eigenvalue weighted by Gasteiger charge is -2.24. The van der Waals surface area contributed by atoms with Crippen molar-refractivity contribution in [3.8, 4) is 11.4 Å². The van der Waals surface area contributed by atoms with Gasteiger partial charge < -0.3 is 4.52 Å². The van der Waals surface area contributed by atoms with E-state index >= 15 is 0 Å². The highest BCUT2D eigenvalue weighted by Crippen LogP contribution is 2.26. The average Bonchev–Trinajstić information content (AvgIpc) is 3.08. The van der Waals surface area contributed by atoms with E-state index in [-0.39, 0.29) is 6.04 Å². The number of pyridine rings is 1. The highest BCUT2D eigenvalue weighted by atomic mass is 32.2. The van der Waals surface area contributed by atoms with Crippen molar-refractivity contribution in [1.82, 2.24) is 20.0 Å². The SMILES string of the molecule is CC(c1nc(-c2cccnc2)no1)N1CCc2ccc(S(C)(=O)=O)cc2CC1. The first-order valence-electron chi connectivity index (χ1n) is 9.22. The van der Waals surface area contributed by atoms with E-state index in [1.165, 1.54) is 11.8 Å². The van der Waals surface area contributed by atoms with Crippen molar-refractivity contribution in [1.29, 1.82) is 0 Å². The van der Waals surface area contributed by atoms with Crippen molar-refractivity contribution in [2.45, 2.75) is 30.7 Å². The van der Waals surface area contributed by atoms with Gasteiger partial charge in [-0.05, 0) is 55.2 Å². The molecule has 0 fully saturated rings. The fourth-order valence-corrected chi connectivity index (χ4v) is 4.18. The van der Waals surface area contributed by atoms with E-state index in [2.05, 4.69) is 26.9 Å². The van der Waals surface area contributed by atoms with Crippen molar-refractivity contribution in [2.24, 2.45) is 0 Å². The molecule has 1 aliphatic heterocycles. The van der Waals surface area contributed by atoms with Crippen molar-refractivity contribution >= 4 is 9.84 Å². The van der Waals surface area contributed by atoms with Crippen LogP contribution in [0, 0.1) is 0 Å². The molecule has 0 amide bonds. The Balaban J connectivity index is 1.51. The zero-order valence-electron chi connectivity index (χ0n) is 15.9. The van der Waals surface area contributed by atoms with Crippen molar-refractivity contribution in [3.63, 3.8) is 0 Å². The van der Waals surface area contributed by atoms with E-state index in [1.54, 1.807) is 18.5 Å². The molecule has 1 aliphatic rings. The number of rotatable bonds is 4. The Morgan fingerprint density at radius 1 is 1.14 bits per heavy atom. The Hall–Kier alpha value is -2.58. The molecule has 3 aromatic rings. The molecule has 28 heavy (non-hydrogen) atoms. The van der Waals surface area contributed by atoms with Gasteiger partial charge in [-0.1, -0.05) is 11.2 Å². The van der Waals surface area contributed by atoms with Crippen LogP contribution in [0.15, 0.2) is 52.1 Å². The van der Waals surface area contributed by atoms with Crippen LogP contribution in [0.5, 0.6) is 0 Å². The van der Waals surface area contributed by atoms with Crippen LogP contribution >= 0.6 is 0 Å². The van der Waals surface area contributed by atoms with Gasteiger partial charge in [0.15, 0.2) is 9.84 Å². The summed E-state index contributed by atoms with van der Waals surface area (Å²) in [6, 6.07) is 9.16. The smallest absolute Gasteiger partial charge is 0.244 e. The van der Waals surface area contributed by atoms with E-state index in [9.17, 15) is 8.42 Å². The van der Waals surface area contributed by atoms with Gasteiger partial charge >= 0.3 is 0 Å². The zero-order chi connectivity index (χ0) is 19.7. The standard InChI is InChI=1S/C20H22N4O3S/c1-14(20-22-19(23-27-20)17-4-3-9-21-13-17)24-10-7-15-5-6-18(28(2,25)26)12-16(15)8-11-24/h3-6,9,12-14H,7-8,10-11H2,1-2H3. The van der Waals surface area contributed by atoms with Crippen molar-refractivity contribution < 1.29 is 12.9 Å². The predicted octanol–water partition coefficient (Wildman–Crippen LogP) is 2.70. The quantitative estimate of drug-likeness (QED) is 0.667. The Morgan fingerprint density at radius 3 is 2.64 bits per heavy atom. The van der Waals surface area contributed by atoms with Crippen molar-refractivity contribution in [3.05, 3.63) is 59.7 Å². The second-order valence-corrected chi connectivity index (χ2v) is 9.13. The van der Waals surface area contributed by atoms with Gasteiger partial charge in [0.2, 0.25) is 11.7 Å². The Bertz CT molecular complexity index is 1080. The van der Waals surface area contributed by atoms with E-state index in [0.717, 1.165) is 37.1 Å². The summed E-state index contributed by atoms with van der Waals surface area (Å²) in [5, 5.41) is 4.08. The first-order valence-corrected chi connectivity index (χ1v) is 11.1. The average molecular weight is 398 g/mol. The minimum atomic E-state index is -3.20. The molecular weight excluding hydrogens is 376 g/mol. The van der Waals surface area contributed by atoms with Gasteiger partial charge in [-0.25, -0.2) is 8.42 Å². The maximum absolute atomic E-state index is 11.8. The monoisotopic (exact) mass is 398 g/mol. The molecule has 0 saturated carbocycles. The number of benzene rings is 1. The lowest BCUT2D eigenvalue weighted by atomic mass is 10.0. The topological polar surface area (TPSA) is 89.2 Å². The van der Waals surface area contributed by atoms with Gasteiger partial charge in [0, 0.05) is 37.3 Å². The summed E-state index contributed by atoms with van der Waals surface area (Å²) < 4.78 is 29.2. The fourth-order valence-electron chi connectivity index (χ4n) is 3.51. The molecule has 8 heteroatoms. The number of fused-ring (bicyclic) bond motifs is 1. The Labute approximate surface area is 164 Å². The molecule has 1 atom stereocenters. The molecule has 4 rings (SSSR count). The molecule has 1 unspecified atom stereocenters. The molecule has 0 N–H and O–H groups in total. The van der Waals surface area contributed by atoms with E-state index in [4.69, 9.17) is 4.52 Å². The van der Waals surface area contributed by atoms with Crippen LogP contribution in [0.25, 0.3) is 11.4 Å². The molecule has 2 aromatic heterocycles. The van der Waals surface area contributed by atoms with E-state index in [0.29, 0.717) is 16.6 Å². The van der Waals surface area contributed by atoms with Crippen LogP contribution in [0.1, 0.15) is 30.0 Å². The summed E-state index contributed by atoms with van der Waals surface area (Å²) in [7, 11) is -3.20. The summed E-state index contributed by atoms with van der Waals surface area (Å²) in [6.45, 7) is 3.70. The van der Waals surface area contributed by atoms with Crippen molar-refractivity contribution in [2.75, 3.05) is 19.3 Å². The predicted molar refractivity (Wildman–Crippen MR) is 104 cm³/mol. The summed E-state index contributed by atoms with van der Waals surface area (Å²) >= 11 is 0. The third kappa shape index (κ3) is 3.83. The minimum absolute atomic E-state index is 0.0263. The van der Waals surface area contributed by atoms with Crippen LogP contribution in [-0.2, 0) is 22.7 Å². The lowest BCUT2D eigenvalue weighted by molar-refractivity contribution is 0.180. The number of nitrogens with zero attached hydrogens (tertiary/aromatic N) is 4. The minimum Gasteiger partial charge on any atom is -0.337 e. The Morgan fingerprint density at radius 2 is 1.93 bits per heavy atom. The van der Waals surface area contributed by atoms with Gasteiger partial charge in [-0.15, -0.1) is 0 Å². The van der Waals surface area contributed by atoms with Crippen LogP contribution in [-0.4, -0.2) is 47.8 Å². The third-order valence-corrected chi connectivity index (χ3v) is 6.32. The van der Waals surface area contributed by atoms with Gasteiger partial charge in [0.05, 0.1) is 10.9 Å². The van der Waals surface area contributed by atoms with Gasteiger partial charge in [0.25, 0.3) is 0 Å². The second-order valence-electron chi connectivity index (χ2n) is 7.11. The van der Waals surface area contributed by atoms with Gasteiger partial charge in [0.1, 0.15) is 0 Å². The molecule has 0 radical (unpaired) electrons. The largest absolute Gasteiger partial charge is 0.337 e. The van der Waals surface area contributed by atoms with Gasteiger partial charge in [-0.2, -0.15) is 4.98 Å². The molecule has 0 spiro atoms. The molecule has 146 valence electrons. The fraction of sp³-hybridized carbons (Fsp3) is 0.350. The molecule has 3 heterocycles. The molecule has 0 saturated heterocycles. The molecule has 0 bridgehead atoms. The number of sulfone groups is 1. The normalized spacial score (nSPS) is 16.4. The molecule has 1 aromatic carbocycles. The molecule has 0 aliphatic carbocycles. The van der Waals surface area contributed by atoms with Crippen LogP contribution in [0.2, 0.25) is 0 Å². The number of hydrogen-bond donors (Lipinski definition) is 0. The first kappa shape index (κ1) is 18.8. The van der Waals surface area contributed by atoms with Gasteiger partial charge in [-0.3, -0.25) is 9.88 Å².